The molecule has 1 aliphatic carbocycles. The summed E-state index contributed by atoms with van der Waals surface area (Å²) < 4.78 is 5.38. The molecule has 0 spiro atoms. The van der Waals surface area contributed by atoms with Gasteiger partial charge in [0.2, 0.25) is 5.88 Å². The minimum absolute atomic E-state index is 0.284. The molecule has 1 heterocycles. The van der Waals surface area contributed by atoms with Gasteiger partial charge >= 0.3 is 0 Å². The van der Waals surface area contributed by atoms with E-state index in [0.717, 1.165) is 12.4 Å². The Morgan fingerprint density at radius 1 is 1.47 bits per heavy atom. The number of ether oxygens (including phenoxy) is 1. The van der Waals surface area contributed by atoms with Crippen LogP contribution in [0.15, 0.2) is 6.07 Å². The average Bonchev–Trinajstić information content (AvgIpc) is 3.07. The van der Waals surface area contributed by atoms with E-state index in [-0.39, 0.29) is 5.41 Å². The number of nitrogens with one attached hydrogen (secondary N) is 1. The Morgan fingerprint density at radius 3 is 2.82 bits per heavy atom. The summed E-state index contributed by atoms with van der Waals surface area (Å²) in [6, 6.07) is 1.83. The zero-order chi connectivity index (χ0) is 12.3. The first kappa shape index (κ1) is 12.4. The molecule has 1 N–H and O–H groups in total. The summed E-state index contributed by atoms with van der Waals surface area (Å²) in [7, 11) is 0. The van der Waals surface area contributed by atoms with Gasteiger partial charge in [-0.1, -0.05) is 0 Å². The maximum absolute atomic E-state index is 5.94. The van der Waals surface area contributed by atoms with Crippen molar-refractivity contribution in [2.24, 2.45) is 5.41 Å². The highest BCUT2D eigenvalue weighted by Gasteiger charge is 2.41. The topological polar surface area (TPSA) is 47.0 Å². The first-order chi connectivity index (χ1) is 8.17. The van der Waals surface area contributed by atoms with Gasteiger partial charge in [0.1, 0.15) is 11.6 Å². The van der Waals surface area contributed by atoms with Crippen molar-refractivity contribution in [3.8, 4) is 5.88 Å². The Morgan fingerprint density at radius 2 is 2.24 bits per heavy atom. The molecule has 0 unspecified atom stereocenters. The summed E-state index contributed by atoms with van der Waals surface area (Å²) in [5.41, 5.74) is 0.284. The molecule has 0 bridgehead atoms. The van der Waals surface area contributed by atoms with Crippen LogP contribution in [0.4, 0.5) is 5.82 Å². The van der Waals surface area contributed by atoms with E-state index in [0.29, 0.717) is 24.2 Å². The minimum atomic E-state index is 0.284. The molecule has 17 heavy (non-hydrogen) atoms. The molecule has 1 aromatic rings. The van der Waals surface area contributed by atoms with E-state index in [1.54, 1.807) is 0 Å². The number of nitrogens with zero attached hydrogens (tertiary/aromatic N) is 2. The van der Waals surface area contributed by atoms with E-state index in [1.807, 2.05) is 19.9 Å². The summed E-state index contributed by atoms with van der Waals surface area (Å²) >= 11 is 5.94. The highest BCUT2D eigenvalue weighted by Crippen LogP contribution is 2.46. The minimum Gasteiger partial charge on any atom is -0.478 e. The Bertz CT molecular complexity index is 393. The molecule has 5 heteroatoms. The number of anilines is 1. The van der Waals surface area contributed by atoms with E-state index >= 15 is 0 Å². The maximum Gasteiger partial charge on any atom is 0.218 e. The summed E-state index contributed by atoms with van der Waals surface area (Å²) in [6.45, 7) is 5.29. The van der Waals surface area contributed by atoms with Crippen molar-refractivity contribution in [2.75, 3.05) is 24.3 Å². The summed E-state index contributed by atoms with van der Waals surface area (Å²) in [5.74, 6) is 2.87. The van der Waals surface area contributed by atoms with Crippen LogP contribution in [0.1, 0.15) is 25.6 Å². The Balaban J connectivity index is 2.00. The monoisotopic (exact) mass is 255 g/mol. The Kier molecular flexibility index (Phi) is 3.72. The third-order valence-electron chi connectivity index (χ3n) is 2.99. The second-order valence-corrected chi connectivity index (χ2v) is 4.83. The Hall–Kier alpha value is -1.03. The van der Waals surface area contributed by atoms with Crippen molar-refractivity contribution in [3.05, 3.63) is 11.9 Å². The second-order valence-electron chi connectivity index (χ2n) is 4.56. The number of alkyl halides is 1. The van der Waals surface area contributed by atoms with Crippen molar-refractivity contribution in [1.29, 1.82) is 0 Å². The molecule has 0 aromatic carbocycles. The molecule has 1 aliphatic rings. The number of rotatable bonds is 6. The first-order valence-corrected chi connectivity index (χ1v) is 6.49. The van der Waals surface area contributed by atoms with E-state index < -0.39 is 0 Å². The molecule has 1 aromatic heterocycles. The lowest BCUT2D eigenvalue weighted by molar-refractivity contribution is 0.325. The normalized spacial score (nSPS) is 16.6. The fourth-order valence-corrected chi connectivity index (χ4v) is 2.03. The summed E-state index contributed by atoms with van der Waals surface area (Å²) in [6.07, 6.45) is 2.40. The summed E-state index contributed by atoms with van der Waals surface area (Å²) in [4.78, 5) is 8.54. The number of aryl methyl sites for hydroxylation is 1. The van der Waals surface area contributed by atoms with E-state index in [4.69, 9.17) is 16.3 Å². The van der Waals surface area contributed by atoms with Crippen molar-refractivity contribution in [3.63, 3.8) is 0 Å². The molecule has 0 aliphatic heterocycles. The molecule has 94 valence electrons. The first-order valence-electron chi connectivity index (χ1n) is 5.96. The third kappa shape index (κ3) is 3.22. The average molecular weight is 256 g/mol. The van der Waals surface area contributed by atoms with Crippen LogP contribution in [0.5, 0.6) is 5.88 Å². The van der Waals surface area contributed by atoms with Gasteiger partial charge < -0.3 is 10.1 Å². The van der Waals surface area contributed by atoms with Crippen molar-refractivity contribution in [1.82, 2.24) is 9.97 Å². The standard InChI is InChI=1S/C12H18ClN3O/c1-3-17-11-6-10(15-9(2)16-11)14-8-12(7-13)4-5-12/h6H,3-5,7-8H2,1-2H3,(H,14,15,16). The van der Waals surface area contributed by atoms with E-state index in [9.17, 15) is 0 Å². The van der Waals surface area contributed by atoms with Crippen LogP contribution in [0, 0.1) is 12.3 Å². The van der Waals surface area contributed by atoms with Crippen molar-refractivity contribution in [2.45, 2.75) is 26.7 Å². The fraction of sp³-hybridized carbons (Fsp3) is 0.667. The van der Waals surface area contributed by atoms with E-state index in [1.165, 1.54) is 12.8 Å². The molecule has 1 saturated carbocycles. The van der Waals surface area contributed by atoms with Gasteiger partial charge in [0, 0.05) is 23.9 Å². The van der Waals surface area contributed by atoms with Crippen LogP contribution in [-0.2, 0) is 0 Å². The molecular weight excluding hydrogens is 238 g/mol. The SMILES string of the molecule is CCOc1cc(NCC2(CCl)CC2)nc(C)n1. The van der Waals surface area contributed by atoms with Crippen LogP contribution in [0.25, 0.3) is 0 Å². The van der Waals surface area contributed by atoms with Crippen molar-refractivity contribution >= 4 is 17.4 Å². The molecule has 4 nitrogen and oxygen atoms in total. The zero-order valence-corrected chi connectivity index (χ0v) is 11.0. The van der Waals surface area contributed by atoms with Gasteiger partial charge in [-0.25, -0.2) is 4.98 Å². The van der Waals surface area contributed by atoms with E-state index in [2.05, 4.69) is 15.3 Å². The number of hydrogen-bond acceptors (Lipinski definition) is 4. The fourth-order valence-electron chi connectivity index (χ4n) is 1.67. The highest BCUT2D eigenvalue weighted by atomic mass is 35.5. The quantitative estimate of drug-likeness (QED) is 0.794. The predicted molar refractivity (Wildman–Crippen MR) is 68.8 cm³/mol. The highest BCUT2D eigenvalue weighted by molar-refractivity contribution is 6.18. The number of aromatic nitrogens is 2. The predicted octanol–water partition coefficient (Wildman–Crippen LogP) is 2.61. The van der Waals surface area contributed by atoms with Gasteiger partial charge in [0.05, 0.1) is 6.61 Å². The smallest absolute Gasteiger partial charge is 0.218 e. The molecule has 0 saturated heterocycles. The molecule has 0 radical (unpaired) electrons. The van der Waals surface area contributed by atoms with Crippen LogP contribution >= 0.6 is 11.6 Å². The van der Waals surface area contributed by atoms with Crippen LogP contribution in [-0.4, -0.2) is 29.0 Å². The van der Waals surface area contributed by atoms with Gasteiger partial charge in [-0.05, 0) is 26.7 Å². The molecule has 2 rings (SSSR count). The van der Waals surface area contributed by atoms with Crippen LogP contribution < -0.4 is 10.1 Å². The van der Waals surface area contributed by atoms with Gasteiger partial charge in [-0.2, -0.15) is 4.98 Å². The van der Waals surface area contributed by atoms with Crippen LogP contribution in [0.3, 0.4) is 0 Å². The van der Waals surface area contributed by atoms with Gasteiger partial charge in [-0.3, -0.25) is 0 Å². The lowest BCUT2D eigenvalue weighted by Crippen LogP contribution is -2.17. The van der Waals surface area contributed by atoms with Gasteiger partial charge in [0.15, 0.2) is 0 Å². The molecular formula is C12H18ClN3O. The van der Waals surface area contributed by atoms with Crippen molar-refractivity contribution < 1.29 is 4.74 Å². The second kappa shape index (κ2) is 5.08. The number of hydrogen-bond donors (Lipinski definition) is 1. The van der Waals surface area contributed by atoms with Crippen LogP contribution in [0.2, 0.25) is 0 Å². The molecule has 1 fully saturated rings. The van der Waals surface area contributed by atoms with Gasteiger partial charge in [-0.15, -0.1) is 11.6 Å². The Labute approximate surface area is 107 Å². The molecule has 0 amide bonds. The lowest BCUT2D eigenvalue weighted by atomic mass is 10.1. The number of halogens is 1. The summed E-state index contributed by atoms with van der Waals surface area (Å²) in [5, 5.41) is 3.32. The zero-order valence-electron chi connectivity index (χ0n) is 10.3. The third-order valence-corrected chi connectivity index (χ3v) is 3.56. The maximum atomic E-state index is 5.94. The van der Waals surface area contributed by atoms with Gasteiger partial charge in [0.25, 0.3) is 0 Å². The molecule has 0 atom stereocenters. The lowest BCUT2D eigenvalue weighted by Gasteiger charge is -2.13. The largest absolute Gasteiger partial charge is 0.478 e.